The van der Waals surface area contributed by atoms with Crippen molar-refractivity contribution in [3.63, 3.8) is 0 Å². The van der Waals surface area contributed by atoms with E-state index < -0.39 is 29.3 Å². The van der Waals surface area contributed by atoms with Gasteiger partial charge in [-0.2, -0.15) is 0 Å². The van der Waals surface area contributed by atoms with Gasteiger partial charge in [-0.05, 0) is 18.2 Å². The van der Waals surface area contributed by atoms with E-state index in [2.05, 4.69) is 5.32 Å². The molecular formula is C18H17ClN2O6S2. The summed E-state index contributed by atoms with van der Waals surface area (Å²) in [7, 11) is 0. The third-order valence-electron chi connectivity index (χ3n) is 4.18. The number of carboxylic acids is 1. The summed E-state index contributed by atoms with van der Waals surface area (Å²) >= 11 is 8.52. The highest BCUT2D eigenvalue weighted by atomic mass is 35.5. The van der Waals surface area contributed by atoms with E-state index >= 15 is 0 Å². The van der Waals surface area contributed by atoms with Crippen LogP contribution in [0.15, 0.2) is 40.4 Å². The fraction of sp³-hybridized carbons (Fsp3) is 0.333. The number of carboxylic acid groups (broad SMARTS) is 1. The van der Waals surface area contributed by atoms with E-state index in [0.717, 1.165) is 9.80 Å². The Balaban J connectivity index is 1.62. The maximum atomic E-state index is 12.5. The molecule has 2 N–H and O–H groups in total. The van der Waals surface area contributed by atoms with Crippen LogP contribution < -0.4 is 5.32 Å². The Bertz CT molecular complexity index is 906. The number of hydrogen-bond acceptors (Lipinski definition) is 7. The molecule has 2 atom stereocenters. The normalized spacial score (nSPS) is 20.6. The van der Waals surface area contributed by atoms with Crippen LogP contribution >= 0.6 is 35.1 Å². The largest absolute Gasteiger partial charge is 0.477 e. The average Bonchev–Trinajstić information content (AvgIpc) is 2.67. The highest BCUT2D eigenvalue weighted by molar-refractivity contribution is 8.00. The molecular weight excluding hydrogens is 440 g/mol. The van der Waals surface area contributed by atoms with E-state index in [-0.39, 0.29) is 29.7 Å². The van der Waals surface area contributed by atoms with Gasteiger partial charge in [-0.25, -0.2) is 4.79 Å². The average molecular weight is 457 g/mol. The minimum Gasteiger partial charge on any atom is -0.477 e. The molecule has 0 radical (unpaired) electrons. The van der Waals surface area contributed by atoms with Gasteiger partial charge in [0.1, 0.15) is 23.7 Å². The van der Waals surface area contributed by atoms with E-state index in [4.69, 9.17) is 16.3 Å². The minimum absolute atomic E-state index is 0.0981. The summed E-state index contributed by atoms with van der Waals surface area (Å²) in [6.45, 7) is 1.04. The Morgan fingerprint density at radius 2 is 2.17 bits per heavy atom. The zero-order valence-electron chi connectivity index (χ0n) is 15.2. The third kappa shape index (κ3) is 4.88. The van der Waals surface area contributed by atoms with Crippen molar-refractivity contribution in [1.29, 1.82) is 0 Å². The van der Waals surface area contributed by atoms with Gasteiger partial charge in [-0.3, -0.25) is 19.3 Å². The first kappa shape index (κ1) is 21.5. The summed E-state index contributed by atoms with van der Waals surface area (Å²) in [6, 6.07) is 6.28. The van der Waals surface area contributed by atoms with Crippen LogP contribution in [-0.2, 0) is 23.9 Å². The summed E-state index contributed by atoms with van der Waals surface area (Å²) in [6.07, 6.45) is 0. The van der Waals surface area contributed by atoms with Crippen LogP contribution in [0.3, 0.4) is 0 Å². The fourth-order valence-corrected chi connectivity index (χ4v) is 5.25. The van der Waals surface area contributed by atoms with Crippen molar-refractivity contribution in [2.45, 2.75) is 23.2 Å². The lowest BCUT2D eigenvalue weighted by Gasteiger charge is -2.49. The predicted octanol–water partition coefficient (Wildman–Crippen LogP) is 1.73. The first-order valence-electron chi connectivity index (χ1n) is 8.49. The molecule has 3 rings (SSSR count). The number of β-lactam (4-membered cyclic amide) rings is 1. The Kier molecular flexibility index (Phi) is 6.76. The van der Waals surface area contributed by atoms with Crippen LogP contribution in [0.4, 0.5) is 0 Å². The van der Waals surface area contributed by atoms with Crippen LogP contribution in [0, 0.1) is 0 Å². The smallest absolute Gasteiger partial charge is 0.352 e. The molecule has 0 bridgehead atoms. The maximum absolute atomic E-state index is 12.5. The van der Waals surface area contributed by atoms with Gasteiger partial charge < -0.3 is 15.2 Å². The molecule has 1 aromatic carbocycles. The fourth-order valence-electron chi connectivity index (χ4n) is 2.90. The van der Waals surface area contributed by atoms with Crippen molar-refractivity contribution in [2.24, 2.45) is 0 Å². The van der Waals surface area contributed by atoms with Crippen molar-refractivity contribution in [2.75, 3.05) is 18.1 Å². The molecule has 2 aliphatic rings. The Morgan fingerprint density at radius 3 is 2.83 bits per heavy atom. The molecule has 1 saturated heterocycles. The number of ether oxygens (including phenoxy) is 1. The van der Waals surface area contributed by atoms with E-state index in [1.54, 1.807) is 18.2 Å². The molecule has 2 amide bonds. The molecule has 1 fully saturated rings. The number of esters is 1. The number of nitrogens with one attached hydrogen (secondary N) is 1. The van der Waals surface area contributed by atoms with Crippen molar-refractivity contribution in [1.82, 2.24) is 10.2 Å². The van der Waals surface area contributed by atoms with E-state index in [0.29, 0.717) is 10.6 Å². The molecule has 8 nitrogen and oxygen atoms in total. The van der Waals surface area contributed by atoms with E-state index in [1.165, 1.54) is 30.4 Å². The second-order valence-electron chi connectivity index (χ2n) is 6.24. The van der Waals surface area contributed by atoms with Crippen LogP contribution in [0.25, 0.3) is 0 Å². The van der Waals surface area contributed by atoms with E-state index in [1.807, 2.05) is 6.07 Å². The molecule has 0 aromatic heterocycles. The predicted molar refractivity (Wildman–Crippen MR) is 108 cm³/mol. The summed E-state index contributed by atoms with van der Waals surface area (Å²) in [5.41, 5.74) is 0.169. The lowest BCUT2D eigenvalue weighted by Crippen LogP contribution is -2.70. The topological polar surface area (TPSA) is 113 Å². The first-order chi connectivity index (χ1) is 13.8. The number of benzene rings is 1. The second kappa shape index (κ2) is 9.10. The van der Waals surface area contributed by atoms with Crippen LogP contribution in [-0.4, -0.2) is 63.3 Å². The number of aliphatic carboxylic acids is 1. The van der Waals surface area contributed by atoms with Gasteiger partial charge in [-0.15, -0.1) is 23.5 Å². The highest BCUT2D eigenvalue weighted by Gasteiger charge is 2.54. The number of carbonyl (C=O) groups excluding carboxylic acids is 3. The van der Waals surface area contributed by atoms with Crippen molar-refractivity contribution >= 4 is 58.9 Å². The number of nitrogens with zero attached hydrogens (tertiary/aromatic N) is 1. The maximum Gasteiger partial charge on any atom is 0.352 e. The van der Waals surface area contributed by atoms with Gasteiger partial charge in [0.15, 0.2) is 0 Å². The van der Waals surface area contributed by atoms with Crippen LogP contribution in [0.1, 0.15) is 6.92 Å². The van der Waals surface area contributed by atoms with Crippen LogP contribution in [0.5, 0.6) is 0 Å². The number of hydrogen-bond donors (Lipinski definition) is 2. The van der Waals surface area contributed by atoms with Gasteiger partial charge in [0, 0.05) is 28.2 Å². The van der Waals surface area contributed by atoms with Gasteiger partial charge in [0.25, 0.3) is 5.91 Å². The third-order valence-corrected chi connectivity index (χ3v) is 6.75. The SMILES string of the molecule is CC(=O)OCC1=C(C(=O)O)N2C(=O)[C@@H](NC(=O)CSc3cccc(Cl)c3)[C@H]2SC1. The summed E-state index contributed by atoms with van der Waals surface area (Å²) in [5.74, 6) is -2.26. The Hall–Kier alpha value is -2.17. The van der Waals surface area contributed by atoms with E-state index in [9.17, 15) is 24.3 Å². The molecule has 2 aliphatic heterocycles. The number of rotatable bonds is 7. The van der Waals surface area contributed by atoms with Gasteiger partial charge in [0.2, 0.25) is 5.91 Å². The minimum atomic E-state index is -1.27. The van der Waals surface area contributed by atoms with Crippen molar-refractivity contribution < 1.29 is 29.0 Å². The number of thioether (sulfide) groups is 2. The van der Waals surface area contributed by atoms with Gasteiger partial charge >= 0.3 is 11.9 Å². The molecule has 1 aromatic rings. The standard InChI is InChI=1S/C18H17ClN2O6S2/c1-9(22)27-6-10-7-29-17-14(16(24)21(17)15(10)18(25)26)20-13(23)8-28-12-4-2-3-11(19)5-12/h2-5,14,17H,6-8H2,1H3,(H,20,23)(H,25,26)/t14-,17-/m1/s1. The number of carbonyl (C=O) groups is 4. The lowest BCUT2D eigenvalue weighted by molar-refractivity contribution is -0.150. The molecule has 2 heterocycles. The molecule has 0 spiro atoms. The van der Waals surface area contributed by atoms with Crippen molar-refractivity contribution in [3.05, 3.63) is 40.6 Å². The molecule has 154 valence electrons. The Labute approximate surface area is 180 Å². The quantitative estimate of drug-likeness (QED) is 0.362. The molecule has 11 heteroatoms. The lowest BCUT2D eigenvalue weighted by atomic mass is 10.0. The summed E-state index contributed by atoms with van der Waals surface area (Å²) in [4.78, 5) is 49.4. The monoisotopic (exact) mass is 456 g/mol. The molecule has 0 saturated carbocycles. The number of fused-ring (bicyclic) bond motifs is 1. The summed E-state index contributed by atoms with van der Waals surface area (Å²) in [5, 5.41) is 12.2. The summed E-state index contributed by atoms with van der Waals surface area (Å²) < 4.78 is 4.89. The zero-order chi connectivity index (χ0) is 21.1. The first-order valence-corrected chi connectivity index (χ1v) is 10.9. The highest BCUT2D eigenvalue weighted by Crippen LogP contribution is 2.40. The van der Waals surface area contributed by atoms with Crippen LogP contribution in [0.2, 0.25) is 5.02 Å². The number of amides is 2. The zero-order valence-corrected chi connectivity index (χ0v) is 17.6. The second-order valence-corrected chi connectivity index (χ2v) is 8.83. The number of halogens is 1. The van der Waals surface area contributed by atoms with Gasteiger partial charge in [-0.1, -0.05) is 17.7 Å². The van der Waals surface area contributed by atoms with Gasteiger partial charge in [0.05, 0.1) is 5.75 Å². The Morgan fingerprint density at radius 1 is 1.41 bits per heavy atom. The molecule has 0 unspecified atom stereocenters. The molecule has 29 heavy (non-hydrogen) atoms. The van der Waals surface area contributed by atoms with Crippen molar-refractivity contribution in [3.8, 4) is 0 Å². The molecule has 0 aliphatic carbocycles.